The molecule has 1 aliphatic heterocycles. The maximum Gasteiger partial charge on any atom is 0.311 e. The molecule has 1 aliphatic carbocycles. The largest absolute Gasteiger partial charge is 0.481 e. The zero-order valence-electron chi connectivity index (χ0n) is 13.1. The molecular formula is C17H21ClN2O3. The average Bonchev–Trinajstić information content (AvgIpc) is 3.00. The topological polar surface area (TPSA) is 69.6 Å². The van der Waals surface area contributed by atoms with Crippen LogP contribution in [-0.4, -0.2) is 41.5 Å². The van der Waals surface area contributed by atoms with Gasteiger partial charge in [0.05, 0.1) is 12.0 Å². The van der Waals surface area contributed by atoms with E-state index in [4.69, 9.17) is 11.6 Å². The van der Waals surface area contributed by atoms with Crippen LogP contribution in [-0.2, 0) is 9.59 Å². The van der Waals surface area contributed by atoms with Crippen molar-refractivity contribution < 1.29 is 14.7 Å². The number of anilines is 1. The Morgan fingerprint density at radius 1 is 1.48 bits per heavy atom. The number of likely N-dealkylation sites (tertiary alicyclic amines) is 1. The van der Waals surface area contributed by atoms with Gasteiger partial charge in [-0.3, -0.25) is 14.5 Å². The minimum Gasteiger partial charge on any atom is -0.481 e. The fourth-order valence-corrected chi connectivity index (χ4v) is 4.16. The molecule has 0 unspecified atom stereocenters. The second-order valence-corrected chi connectivity index (χ2v) is 7.16. The molecule has 5 nitrogen and oxygen atoms in total. The van der Waals surface area contributed by atoms with Crippen LogP contribution < -0.4 is 5.32 Å². The molecule has 3 rings (SSSR count). The van der Waals surface area contributed by atoms with Crippen LogP contribution in [0.25, 0.3) is 0 Å². The molecule has 1 saturated heterocycles. The fraction of sp³-hybridized carbons (Fsp3) is 0.529. The minimum absolute atomic E-state index is 0.129. The maximum atomic E-state index is 12.3. The monoisotopic (exact) mass is 336 g/mol. The van der Waals surface area contributed by atoms with E-state index in [9.17, 15) is 14.7 Å². The number of benzene rings is 1. The Morgan fingerprint density at radius 2 is 2.26 bits per heavy atom. The Morgan fingerprint density at radius 3 is 2.96 bits per heavy atom. The number of rotatable bonds is 4. The third-order valence-corrected chi connectivity index (χ3v) is 5.44. The number of aliphatic carboxylic acids is 1. The van der Waals surface area contributed by atoms with Crippen molar-refractivity contribution in [2.24, 2.45) is 11.3 Å². The highest BCUT2D eigenvalue weighted by atomic mass is 35.5. The number of hydrogen-bond donors (Lipinski definition) is 2. The van der Waals surface area contributed by atoms with Crippen molar-refractivity contribution in [2.75, 3.05) is 25.0 Å². The van der Waals surface area contributed by atoms with Gasteiger partial charge >= 0.3 is 5.97 Å². The van der Waals surface area contributed by atoms with E-state index >= 15 is 0 Å². The van der Waals surface area contributed by atoms with E-state index in [1.165, 1.54) is 0 Å². The average molecular weight is 337 g/mol. The predicted molar refractivity (Wildman–Crippen MR) is 88.7 cm³/mol. The number of aryl methyl sites for hydroxylation is 1. The maximum absolute atomic E-state index is 12.3. The number of nitrogens with zero attached hydrogens (tertiary/aromatic N) is 1. The lowest BCUT2D eigenvalue weighted by molar-refractivity contribution is -0.149. The molecule has 1 saturated carbocycles. The minimum atomic E-state index is -0.714. The third kappa shape index (κ3) is 3.08. The SMILES string of the molecule is Cc1ccc(Cl)cc1NC(=O)CN1C[C@@H]2CCC[C@@]2(C(=O)O)C1. The van der Waals surface area contributed by atoms with Crippen molar-refractivity contribution in [1.82, 2.24) is 4.90 Å². The quantitative estimate of drug-likeness (QED) is 0.887. The van der Waals surface area contributed by atoms with Gasteiger partial charge < -0.3 is 10.4 Å². The van der Waals surface area contributed by atoms with Crippen molar-refractivity contribution in [3.05, 3.63) is 28.8 Å². The van der Waals surface area contributed by atoms with Crippen molar-refractivity contribution in [3.63, 3.8) is 0 Å². The Bertz CT molecular complexity index is 649. The van der Waals surface area contributed by atoms with E-state index in [0.29, 0.717) is 23.8 Å². The number of fused-ring (bicyclic) bond motifs is 1. The highest BCUT2D eigenvalue weighted by molar-refractivity contribution is 6.31. The number of nitrogens with one attached hydrogen (secondary N) is 1. The number of halogens is 1. The van der Waals surface area contributed by atoms with Gasteiger partial charge in [0.25, 0.3) is 0 Å². The second-order valence-electron chi connectivity index (χ2n) is 6.73. The first kappa shape index (κ1) is 16.3. The summed E-state index contributed by atoms with van der Waals surface area (Å²) in [6.45, 7) is 3.28. The first-order valence-corrected chi connectivity index (χ1v) is 8.30. The molecule has 1 amide bonds. The van der Waals surface area contributed by atoms with Gasteiger partial charge in [-0.15, -0.1) is 0 Å². The van der Waals surface area contributed by atoms with Gasteiger partial charge in [-0.1, -0.05) is 24.1 Å². The lowest BCUT2D eigenvalue weighted by Crippen LogP contribution is -2.37. The number of amides is 1. The Hall–Kier alpha value is -1.59. The van der Waals surface area contributed by atoms with Crippen LogP contribution in [0.1, 0.15) is 24.8 Å². The normalized spacial score (nSPS) is 27.0. The highest BCUT2D eigenvalue weighted by Crippen LogP contribution is 2.48. The van der Waals surface area contributed by atoms with E-state index in [0.717, 1.165) is 24.8 Å². The molecule has 2 aliphatic rings. The number of carboxylic acid groups (broad SMARTS) is 1. The van der Waals surface area contributed by atoms with E-state index in [1.54, 1.807) is 12.1 Å². The number of carboxylic acids is 1. The Balaban J connectivity index is 1.63. The zero-order valence-corrected chi connectivity index (χ0v) is 13.9. The highest BCUT2D eigenvalue weighted by Gasteiger charge is 2.54. The molecule has 2 fully saturated rings. The summed E-state index contributed by atoms with van der Waals surface area (Å²) in [5.74, 6) is -0.676. The van der Waals surface area contributed by atoms with Crippen LogP contribution >= 0.6 is 11.6 Å². The van der Waals surface area contributed by atoms with E-state index in [2.05, 4.69) is 5.32 Å². The molecule has 23 heavy (non-hydrogen) atoms. The van der Waals surface area contributed by atoms with Crippen LogP contribution in [0.15, 0.2) is 18.2 Å². The van der Waals surface area contributed by atoms with Gasteiger partial charge in [0.1, 0.15) is 0 Å². The number of hydrogen-bond acceptors (Lipinski definition) is 3. The zero-order chi connectivity index (χ0) is 16.6. The molecule has 2 N–H and O–H groups in total. The molecule has 6 heteroatoms. The van der Waals surface area contributed by atoms with E-state index in [-0.39, 0.29) is 18.4 Å². The Kier molecular flexibility index (Phi) is 4.34. The first-order chi connectivity index (χ1) is 10.9. The van der Waals surface area contributed by atoms with Crippen molar-refractivity contribution >= 4 is 29.2 Å². The summed E-state index contributed by atoms with van der Waals surface area (Å²) >= 11 is 5.96. The lowest BCUT2D eigenvalue weighted by atomic mass is 9.81. The summed E-state index contributed by atoms with van der Waals surface area (Å²) in [4.78, 5) is 25.9. The standard InChI is InChI=1S/C17H21ClN2O3/c1-11-4-5-13(18)7-14(11)19-15(21)9-20-8-12-3-2-6-17(12,10-20)16(22)23/h4-5,7,12H,2-3,6,8-10H2,1H3,(H,19,21)(H,22,23)/t12-,17+/m0/s1. The summed E-state index contributed by atoms with van der Waals surface area (Å²) in [6.07, 6.45) is 2.63. The Labute approximate surface area is 140 Å². The summed E-state index contributed by atoms with van der Waals surface area (Å²) in [5.41, 5.74) is 1.00. The van der Waals surface area contributed by atoms with Gasteiger partial charge in [-0.25, -0.2) is 0 Å². The molecule has 0 bridgehead atoms. The smallest absolute Gasteiger partial charge is 0.311 e. The molecular weight excluding hydrogens is 316 g/mol. The summed E-state index contributed by atoms with van der Waals surface area (Å²) in [7, 11) is 0. The van der Waals surface area contributed by atoms with Crippen LogP contribution in [0.3, 0.4) is 0 Å². The van der Waals surface area contributed by atoms with Gasteiger partial charge in [-0.05, 0) is 43.4 Å². The van der Waals surface area contributed by atoms with Crippen LogP contribution in [0.2, 0.25) is 5.02 Å². The number of carbonyl (C=O) groups excluding carboxylic acids is 1. The first-order valence-electron chi connectivity index (χ1n) is 7.92. The van der Waals surface area contributed by atoms with Crippen LogP contribution in [0.4, 0.5) is 5.69 Å². The second kappa shape index (κ2) is 6.13. The van der Waals surface area contributed by atoms with Crippen molar-refractivity contribution in [1.29, 1.82) is 0 Å². The molecule has 0 aromatic heterocycles. The molecule has 0 spiro atoms. The molecule has 1 heterocycles. The summed E-state index contributed by atoms with van der Waals surface area (Å²) < 4.78 is 0. The molecule has 124 valence electrons. The summed E-state index contributed by atoms with van der Waals surface area (Å²) in [6, 6.07) is 5.37. The van der Waals surface area contributed by atoms with Crippen LogP contribution in [0.5, 0.6) is 0 Å². The molecule has 0 radical (unpaired) electrons. The van der Waals surface area contributed by atoms with Gasteiger partial charge in [0.2, 0.25) is 5.91 Å². The molecule has 1 aromatic rings. The summed E-state index contributed by atoms with van der Waals surface area (Å²) in [5, 5.41) is 13.0. The van der Waals surface area contributed by atoms with Crippen LogP contribution in [0, 0.1) is 18.3 Å². The van der Waals surface area contributed by atoms with Gasteiger partial charge in [0, 0.05) is 23.8 Å². The number of carbonyl (C=O) groups is 2. The van der Waals surface area contributed by atoms with E-state index in [1.807, 2.05) is 17.9 Å². The molecule has 1 aromatic carbocycles. The fourth-order valence-electron chi connectivity index (χ4n) is 3.99. The third-order valence-electron chi connectivity index (χ3n) is 5.21. The van der Waals surface area contributed by atoms with Gasteiger partial charge in [-0.2, -0.15) is 0 Å². The van der Waals surface area contributed by atoms with Crippen molar-refractivity contribution in [2.45, 2.75) is 26.2 Å². The molecule has 2 atom stereocenters. The van der Waals surface area contributed by atoms with E-state index < -0.39 is 11.4 Å². The van der Waals surface area contributed by atoms with Crippen molar-refractivity contribution in [3.8, 4) is 0 Å². The predicted octanol–water partition coefficient (Wildman–Crippen LogP) is 2.77. The lowest BCUT2D eigenvalue weighted by Gasteiger charge is -2.23. The van der Waals surface area contributed by atoms with Gasteiger partial charge in [0.15, 0.2) is 0 Å².